The zero-order valence-corrected chi connectivity index (χ0v) is 47.3. The monoisotopic (exact) mass is 998 g/mol. The van der Waals surface area contributed by atoms with Gasteiger partial charge < -0.3 is 18.9 Å². The molecular weight excluding hydrogens is 937 g/mol. The maximum atomic E-state index is 14.3. The van der Waals surface area contributed by atoms with Crippen LogP contribution in [0.2, 0.25) is 78.6 Å². The summed E-state index contributed by atoms with van der Waals surface area (Å²) in [4.78, 5) is 57.3. The van der Waals surface area contributed by atoms with E-state index < -0.39 is 56.2 Å². The van der Waals surface area contributed by atoms with Crippen LogP contribution in [-0.2, 0) is 18.9 Å². The molecule has 0 aliphatic heterocycles. The lowest BCUT2D eigenvalue weighted by Gasteiger charge is -2.31. The molecule has 0 atom stereocenters. The fourth-order valence-electron chi connectivity index (χ4n) is 10.1. The van der Waals surface area contributed by atoms with Crippen molar-refractivity contribution in [3.63, 3.8) is 0 Å². The fraction of sp³-hybridized carbons (Fsp3) is 0.276. The van der Waals surface area contributed by atoms with Gasteiger partial charge in [-0.1, -0.05) is 139 Å². The molecule has 7 aromatic carbocycles. The van der Waals surface area contributed by atoms with Crippen molar-refractivity contribution >= 4 is 120 Å². The van der Waals surface area contributed by atoms with Crippen molar-refractivity contribution in [3.8, 4) is 23.7 Å². The van der Waals surface area contributed by atoms with Gasteiger partial charge in [0.05, 0.1) is 83.0 Å². The Bertz CT molecular complexity index is 3070. The molecule has 0 radical (unpaired) electrons. The summed E-state index contributed by atoms with van der Waals surface area (Å²) >= 11 is 0. The first kappa shape index (κ1) is 51.3. The SMILES string of the molecule is COC(=O)c1c(C(=O)OC)c([Si](C)(C)C)c2cc3c(C#Cc4ccccc4)c4cc5c([Si](C)(C)C)c(C(=O)OC)c(C(=O)OC)c([Si](C)(C)C)c5cc4c(C#Cc4ccccc4)c3cc2c1[Si](C)(C)C. The predicted octanol–water partition coefficient (Wildman–Crippen LogP) is 10.4. The van der Waals surface area contributed by atoms with Crippen LogP contribution in [0.4, 0.5) is 0 Å². The standard InChI is InChI=1S/C58H62O8Si4/c1-63-55(59)47-48(56(60)64-2)52(68(8,9)10)44-32-40-38(30-28-36-25-21-18-22-26-36)42-34-46-45(53(69(11,12)13)49(57(61)65-3)50(58(62)66-4)54(46)70(14,15)16)33-41(42)37(29-27-35-23-19-17-20-24-35)39(40)31-43(44)51(47)67(5,6)7/h17-26,31-34H,1-16H3. The first-order valence-corrected chi connectivity index (χ1v) is 37.4. The van der Waals surface area contributed by atoms with Crippen LogP contribution in [-0.4, -0.2) is 84.6 Å². The van der Waals surface area contributed by atoms with Gasteiger partial charge in [0, 0.05) is 22.3 Å². The highest BCUT2D eigenvalue weighted by molar-refractivity contribution is 6.95. The fourth-order valence-corrected chi connectivity index (χ4v) is 18.1. The highest BCUT2D eigenvalue weighted by atomic mass is 28.3. The van der Waals surface area contributed by atoms with Gasteiger partial charge in [-0.3, -0.25) is 0 Å². The molecule has 70 heavy (non-hydrogen) atoms. The van der Waals surface area contributed by atoms with Gasteiger partial charge >= 0.3 is 23.9 Å². The summed E-state index contributed by atoms with van der Waals surface area (Å²) < 4.78 is 22.2. The second kappa shape index (κ2) is 19.0. The molecule has 0 aliphatic carbocycles. The number of carbonyl (C=O) groups excluding carboxylic acids is 4. The maximum Gasteiger partial charge on any atom is 0.338 e. The third-order valence-electron chi connectivity index (χ3n) is 12.7. The van der Waals surface area contributed by atoms with Crippen molar-refractivity contribution in [1.82, 2.24) is 0 Å². The first-order chi connectivity index (χ1) is 32.8. The van der Waals surface area contributed by atoms with Gasteiger partial charge in [0.1, 0.15) is 0 Å². The van der Waals surface area contributed by atoms with Crippen molar-refractivity contribution in [2.24, 2.45) is 0 Å². The van der Waals surface area contributed by atoms with Crippen LogP contribution in [0.15, 0.2) is 84.9 Å². The van der Waals surface area contributed by atoms with Crippen LogP contribution in [0.25, 0.3) is 43.1 Å². The van der Waals surface area contributed by atoms with Gasteiger partial charge in [-0.2, -0.15) is 0 Å². The highest BCUT2D eigenvalue weighted by Gasteiger charge is 2.40. The Kier molecular flexibility index (Phi) is 13.9. The summed E-state index contributed by atoms with van der Waals surface area (Å²) in [6.07, 6.45) is 0. The minimum absolute atomic E-state index is 0.251. The van der Waals surface area contributed by atoms with E-state index >= 15 is 0 Å². The second-order valence-electron chi connectivity index (χ2n) is 21.8. The van der Waals surface area contributed by atoms with Crippen molar-refractivity contribution in [1.29, 1.82) is 0 Å². The van der Waals surface area contributed by atoms with Gasteiger partial charge in [-0.15, -0.1) is 0 Å². The van der Waals surface area contributed by atoms with Crippen LogP contribution in [0, 0.1) is 23.7 Å². The average molecular weight is 999 g/mol. The molecule has 0 amide bonds. The number of ether oxygens (including phenoxy) is 4. The van der Waals surface area contributed by atoms with E-state index in [2.05, 4.69) is 127 Å². The van der Waals surface area contributed by atoms with Crippen molar-refractivity contribution in [2.45, 2.75) is 78.6 Å². The second-order valence-corrected chi connectivity index (χ2v) is 41.8. The average Bonchev–Trinajstić information content (AvgIpc) is 3.30. The molecule has 0 fully saturated rings. The number of esters is 4. The summed E-state index contributed by atoms with van der Waals surface area (Å²) in [6, 6.07) is 28.3. The third kappa shape index (κ3) is 9.29. The van der Waals surface area contributed by atoms with E-state index in [4.69, 9.17) is 18.9 Å². The van der Waals surface area contributed by atoms with E-state index in [-0.39, 0.29) is 22.3 Å². The molecule has 0 heterocycles. The minimum atomic E-state index is -2.55. The molecule has 12 heteroatoms. The number of hydrogen-bond acceptors (Lipinski definition) is 8. The first-order valence-electron chi connectivity index (χ1n) is 23.4. The zero-order chi connectivity index (χ0) is 51.4. The Balaban J connectivity index is 1.94. The molecule has 0 aromatic heterocycles. The number of carbonyl (C=O) groups is 4. The van der Waals surface area contributed by atoms with Crippen LogP contribution in [0.5, 0.6) is 0 Å². The molecule has 0 aliphatic rings. The van der Waals surface area contributed by atoms with Crippen molar-refractivity contribution < 1.29 is 38.1 Å². The van der Waals surface area contributed by atoms with Crippen LogP contribution >= 0.6 is 0 Å². The van der Waals surface area contributed by atoms with Crippen LogP contribution in [0.1, 0.15) is 63.7 Å². The number of rotatable bonds is 8. The van der Waals surface area contributed by atoms with Crippen LogP contribution in [0.3, 0.4) is 0 Å². The van der Waals surface area contributed by atoms with Crippen LogP contribution < -0.4 is 20.7 Å². The van der Waals surface area contributed by atoms with Gasteiger partial charge in [-0.25, -0.2) is 19.2 Å². The van der Waals surface area contributed by atoms with E-state index in [9.17, 15) is 19.2 Å². The largest absolute Gasteiger partial charge is 0.465 e. The molecule has 358 valence electrons. The van der Waals surface area contributed by atoms with Gasteiger partial charge in [0.2, 0.25) is 0 Å². The smallest absolute Gasteiger partial charge is 0.338 e. The number of fused-ring (bicyclic) bond motifs is 4. The van der Waals surface area contributed by atoms with Gasteiger partial charge in [-0.05, 0) is 112 Å². The lowest BCUT2D eigenvalue weighted by Crippen LogP contribution is -2.50. The molecular formula is C58H62O8Si4. The van der Waals surface area contributed by atoms with Gasteiger partial charge in [0.15, 0.2) is 0 Å². The summed E-state index contributed by atoms with van der Waals surface area (Å²) in [7, 11) is -4.81. The molecule has 0 saturated carbocycles. The lowest BCUT2D eigenvalue weighted by molar-refractivity contribution is 0.0558. The van der Waals surface area contributed by atoms with E-state index in [1.54, 1.807) is 0 Å². The summed E-state index contributed by atoms with van der Waals surface area (Å²) in [6.45, 7) is 26.0. The molecule has 0 saturated heterocycles. The Hall–Kier alpha value is -6.55. The molecule has 0 bridgehead atoms. The minimum Gasteiger partial charge on any atom is -0.465 e. The number of methoxy groups -OCH3 is 4. The van der Waals surface area contributed by atoms with E-state index in [1.807, 2.05) is 60.7 Å². The maximum absolute atomic E-state index is 14.3. The molecule has 0 N–H and O–H groups in total. The Labute approximate surface area is 416 Å². The molecule has 0 spiro atoms. The summed E-state index contributed by atoms with van der Waals surface area (Å²) in [5, 5.41) is 9.77. The normalized spacial score (nSPS) is 12.0. The zero-order valence-electron chi connectivity index (χ0n) is 43.3. The number of hydrogen-bond donors (Lipinski definition) is 0. The van der Waals surface area contributed by atoms with Crippen molar-refractivity contribution in [2.75, 3.05) is 28.4 Å². The quantitative estimate of drug-likeness (QED) is 0.0487. The summed E-state index contributed by atoms with van der Waals surface area (Å²) in [5.41, 5.74) is 4.09. The molecule has 0 unspecified atom stereocenters. The van der Waals surface area contributed by atoms with E-state index in [1.165, 1.54) is 28.4 Å². The number of benzene rings is 7. The summed E-state index contributed by atoms with van der Waals surface area (Å²) in [5.74, 6) is 12.0. The van der Waals surface area contributed by atoms with Gasteiger partial charge in [0.25, 0.3) is 0 Å². The predicted molar refractivity (Wildman–Crippen MR) is 299 cm³/mol. The lowest BCUT2D eigenvalue weighted by atomic mass is 9.87. The Morgan fingerprint density at radius 3 is 0.729 bits per heavy atom. The topological polar surface area (TPSA) is 105 Å². The third-order valence-corrected chi connectivity index (χ3v) is 20.8. The molecule has 7 aromatic rings. The van der Waals surface area contributed by atoms with Crippen molar-refractivity contribution in [3.05, 3.63) is 129 Å². The highest BCUT2D eigenvalue weighted by Crippen LogP contribution is 2.40. The van der Waals surface area contributed by atoms with E-state index in [0.29, 0.717) is 0 Å². The molecule has 7 rings (SSSR count). The van der Waals surface area contributed by atoms with E-state index in [0.717, 1.165) is 86.1 Å². The molecule has 8 nitrogen and oxygen atoms in total. The Morgan fingerprint density at radius 1 is 0.329 bits per heavy atom. The Morgan fingerprint density at radius 2 is 0.543 bits per heavy atom.